The van der Waals surface area contributed by atoms with E-state index in [0.29, 0.717) is 46.5 Å². The third kappa shape index (κ3) is 3.38. The second kappa shape index (κ2) is 6.59. The van der Waals surface area contributed by atoms with Gasteiger partial charge < -0.3 is 14.8 Å². The molecule has 0 bridgehead atoms. The van der Waals surface area contributed by atoms with Crippen molar-refractivity contribution in [3.63, 3.8) is 0 Å². The van der Waals surface area contributed by atoms with E-state index in [1.165, 1.54) is 0 Å². The van der Waals surface area contributed by atoms with Gasteiger partial charge in [-0.3, -0.25) is 4.79 Å². The van der Waals surface area contributed by atoms with Crippen LogP contribution in [0.4, 0.5) is 5.69 Å². The molecule has 1 amide bonds. The third-order valence-corrected chi connectivity index (χ3v) is 3.62. The van der Waals surface area contributed by atoms with Crippen molar-refractivity contribution < 1.29 is 14.3 Å². The summed E-state index contributed by atoms with van der Waals surface area (Å²) in [5.41, 5.74) is 1.50. The molecule has 0 saturated carbocycles. The molecule has 0 unspecified atom stereocenters. The Bertz CT molecular complexity index is 782. The van der Waals surface area contributed by atoms with Gasteiger partial charge in [0.15, 0.2) is 11.5 Å². The summed E-state index contributed by atoms with van der Waals surface area (Å²) < 4.78 is 11.1. The van der Waals surface area contributed by atoms with Crippen LogP contribution in [-0.4, -0.2) is 19.1 Å². The Morgan fingerprint density at radius 2 is 1.91 bits per heavy atom. The zero-order valence-corrected chi connectivity index (χ0v) is 12.9. The lowest BCUT2D eigenvalue weighted by Crippen LogP contribution is -2.12. The Labute approximate surface area is 138 Å². The number of fused-ring (bicyclic) bond motifs is 1. The molecular formula is C17H13ClN2O3. The second-order valence-corrected chi connectivity index (χ2v) is 5.39. The number of hydrogen-bond donors (Lipinski definition) is 1. The summed E-state index contributed by atoms with van der Waals surface area (Å²) in [5, 5.41) is 11.9. The summed E-state index contributed by atoms with van der Waals surface area (Å²) >= 11 is 6.19. The van der Waals surface area contributed by atoms with Gasteiger partial charge in [0.2, 0.25) is 0 Å². The van der Waals surface area contributed by atoms with E-state index >= 15 is 0 Å². The molecular weight excluding hydrogens is 316 g/mol. The maximum absolute atomic E-state index is 12.4. The van der Waals surface area contributed by atoms with Gasteiger partial charge in [-0.25, -0.2) is 0 Å². The maximum atomic E-state index is 12.4. The number of carbonyl (C=O) groups is 1. The first-order chi connectivity index (χ1) is 11.2. The van der Waals surface area contributed by atoms with Crippen LogP contribution in [0.15, 0.2) is 36.4 Å². The molecule has 1 N–H and O–H groups in total. The van der Waals surface area contributed by atoms with Gasteiger partial charge in [0.05, 0.1) is 29.9 Å². The van der Waals surface area contributed by atoms with E-state index in [1.54, 1.807) is 36.4 Å². The minimum Gasteiger partial charge on any atom is -0.489 e. The predicted molar refractivity (Wildman–Crippen MR) is 86.2 cm³/mol. The molecule has 1 aliphatic rings. The predicted octanol–water partition coefficient (Wildman–Crippen LogP) is 3.63. The average Bonchev–Trinajstić information content (AvgIpc) is 2.81. The number of rotatable bonds is 2. The summed E-state index contributed by atoms with van der Waals surface area (Å²) in [7, 11) is 0. The lowest BCUT2D eigenvalue weighted by molar-refractivity contribution is 0.102. The van der Waals surface area contributed by atoms with Crippen molar-refractivity contribution in [2.75, 3.05) is 18.5 Å². The molecule has 2 aromatic rings. The molecule has 23 heavy (non-hydrogen) atoms. The van der Waals surface area contributed by atoms with Gasteiger partial charge in [-0.1, -0.05) is 11.6 Å². The van der Waals surface area contributed by atoms with E-state index in [9.17, 15) is 4.79 Å². The Hall–Kier alpha value is -2.71. The van der Waals surface area contributed by atoms with Gasteiger partial charge in [-0.05, 0) is 36.4 Å². The van der Waals surface area contributed by atoms with Crippen LogP contribution in [0.1, 0.15) is 22.3 Å². The number of carbonyl (C=O) groups excluding carboxylic acids is 1. The Balaban J connectivity index is 1.83. The standard InChI is InChI=1S/C17H13ClN2O3/c18-14-8-12(9-15-16(14)23-7-1-6-22-15)17(21)20-13-4-2-11(10-19)3-5-13/h2-5,8-9H,1,6-7H2,(H,20,21). The number of nitriles is 1. The minimum atomic E-state index is -0.313. The van der Waals surface area contributed by atoms with Crippen LogP contribution >= 0.6 is 11.6 Å². The fourth-order valence-corrected chi connectivity index (χ4v) is 2.46. The fraction of sp³-hybridized carbons (Fsp3) is 0.176. The number of amides is 1. The van der Waals surface area contributed by atoms with Gasteiger partial charge in [-0.2, -0.15) is 5.26 Å². The van der Waals surface area contributed by atoms with Crippen LogP contribution in [0.25, 0.3) is 0 Å². The smallest absolute Gasteiger partial charge is 0.255 e. The van der Waals surface area contributed by atoms with Gasteiger partial charge in [-0.15, -0.1) is 0 Å². The fourth-order valence-electron chi connectivity index (χ4n) is 2.19. The van der Waals surface area contributed by atoms with Crippen molar-refractivity contribution in [3.8, 4) is 17.6 Å². The lowest BCUT2D eigenvalue weighted by Gasteiger charge is -2.12. The third-order valence-electron chi connectivity index (χ3n) is 3.34. The van der Waals surface area contributed by atoms with Crippen LogP contribution in [0, 0.1) is 11.3 Å². The van der Waals surface area contributed by atoms with Gasteiger partial charge >= 0.3 is 0 Å². The van der Waals surface area contributed by atoms with Crippen LogP contribution < -0.4 is 14.8 Å². The Kier molecular flexibility index (Phi) is 4.35. The quantitative estimate of drug-likeness (QED) is 0.913. The topological polar surface area (TPSA) is 71.4 Å². The SMILES string of the molecule is N#Cc1ccc(NC(=O)c2cc(Cl)c3c(c2)OCCCO3)cc1. The van der Waals surface area contributed by atoms with Gasteiger partial charge in [0.1, 0.15) is 0 Å². The molecule has 6 heteroatoms. The summed E-state index contributed by atoms with van der Waals surface area (Å²) in [5.74, 6) is 0.631. The first-order valence-corrected chi connectivity index (χ1v) is 7.46. The molecule has 3 rings (SSSR count). The largest absolute Gasteiger partial charge is 0.489 e. The molecule has 1 aliphatic heterocycles. The number of nitrogens with one attached hydrogen (secondary N) is 1. The molecule has 0 fully saturated rings. The summed E-state index contributed by atoms with van der Waals surface area (Å²) in [4.78, 5) is 12.4. The summed E-state index contributed by atoms with van der Waals surface area (Å²) in [6, 6.07) is 11.8. The number of nitrogens with zero attached hydrogens (tertiary/aromatic N) is 1. The highest BCUT2D eigenvalue weighted by Crippen LogP contribution is 2.38. The average molecular weight is 329 g/mol. The molecule has 0 aromatic heterocycles. The first-order valence-electron chi connectivity index (χ1n) is 7.08. The Morgan fingerprint density at radius 3 is 2.65 bits per heavy atom. The van der Waals surface area contributed by atoms with Crippen LogP contribution in [0.5, 0.6) is 11.5 Å². The molecule has 2 aromatic carbocycles. The number of hydrogen-bond acceptors (Lipinski definition) is 4. The van der Waals surface area contributed by atoms with Gasteiger partial charge in [0, 0.05) is 17.7 Å². The van der Waals surface area contributed by atoms with Crippen molar-refractivity contribution in [1.82, 2.24) is 0 Å². The number of ether oxygens (including phenoxy) is 2. The summed E-state index contributed by atoms with van der Waals surface area (Å²) in [6.45, 7) is 1.05. The lowest BCUT2D eigenvalue weighted by atomic mass is 10.1. The highest BCUT2D eigenvalue weighted by molar-refractivity contribution is 6.32. The van der Waals surface area contributed by atoms with Crippen LogP contribution in [0.3, 0.4) is 0 Å². The van der Waals surface area contributed by atoms with Crippen molar-refractivity contribution in [3.05, 3.63) is 52.5 Å². The molecule has 0 aliphatic carbocycles. The monoisotopic (exact) mass is 328 g/mol. The van der Waals surface area contributed by atoms with E-state index in [2.05, 4.69) is 5.32 Å². The van der Waals surface area contributed by atoms with Crippen molar-refractivity contribution in [2.24, 2.45) is 0 Å². The van der Waals surface area contributed by atoms with E-state index < -0.39 is 0 Å². The number of halogens is 1. The minimum absolute atomic E-state index is 0.313. The van der Waals surface area contributed by atoms with E-state index in [0.717, 1.165) is 6.42 Å². The molecule has 0 atom stereocenters. The van der Waals surface area contributed by atoms with E-state index in [-0.39, 0.29) is 5.91 Å². The number of benzene rings is 2. The second-order valence-electron chi connectivity index (χ2n) is 4.98. The van der Waals surface area contributed by atoms with Crippen molar-refractivity contribution >= 4 is 23.2 Å². The Morgan fingerprint density at radius 1 is 1.17 bits per heavy atom. The van der Waals surface area contributed by atoms with E-state index in [1.807, 2.05) is 6.07 Å². The molecule has 0 spiro atoms. The first kappa shape index (κ1) is 15.2. The molecule has 1 heterocycles. The highest BCUT2D eigenvalue weighted by atomic mass is 35.5. The van der Waals surface area contributed by atoms with Crippen molar-refractivity contribution in [1.29, 1.82) is 5.26 Å². The summed E-state index contributed by atoms with van der Waals surface area (Å²) in [6.07, 6.45) is 0.762. The molecule has 0 radical (unpaired) electrons. The van der Waals surface area contributed by atoms with E-state index in [4.69, 9.17) is 26.3 Å². The maximum Gasteiger partial charge on any atom is 0.255 e. The van der Waals surface area contributed by atoms with Crippen LogP contribution in [0.2, 0.25) is 5.02 Å². The number of anilines is 1. The zero-order chi connectivity index (χ0) is 16.2. The van der Waals surface area contributed by atoms with Crippen molar-refractivity contribution in [2.45, 2.75) is 6.42 Å². The highest BCUT2D eigenvalue weighted by Gasteiger charge is 2.18. The molecule has 116 valence electrons. The van der Waals surface area contributed by atoms with Crippen LogP contribution in [-0.2, 0) is 0 Å². The zero-order valence-electron chi connectivity index (χ0n) is 12.1. The van der Waals surface area contributed by atoms with Gasteiger partial charge in [0.25, 0.3) is 5.91 Å². The molecule has 0 saturated heterocycles. The molecule has 5 nitrogen and oxygen atoms in total. The normalized spacial score (nSPS) is 12.9.